The van der Waals surface area contributed by atoms with Crippen LogP contribution in [0, 0.1) is 0 Å². The number of aromatic nitrogens is 1. The third-order valence-corrected chi connectivity index (χ3v) is 6.50. The van der Waals surface area contributed by atoms with Gasteiger partial charge < -0.3 is 14.5 Å². The molecular weight excluding hydrogens is 442 g/mol. The van der Waals surface area contributed by atoms with Crippen LogP contribution in [0.5, 0.6) is 0 Å². The number of carbonyl (C=O) groups is 1. The van der Waals surface area contributed by atoms with E-state index < -0.39 is 10.0 Å². The predicted octanol–water partition coefficient (Wildman–Crippen LogP) is 3.96. The molecule has 176 valence electrons. The third-order valence-electron chi connectivity index (χ3n) is 5.03. The van der Waals surface area contributed by atoms with Crippen molar-refractivity contribution in [2.75, 3.05) is 25.6 Å². The topological polar surface area (TPSA) is 111 Å². The van der Waals surface area contributed by atoms with Crippen LogP contribution in [0.2, 0.25) is 0 Å². The fourth-order valence-corrected chi connectivity index (χ4v) is 4.13. The molecule has 0 spiro atoms. The first kappa shape index (κ1) is 24.6. The average Bonchev–Trinajstić information content (AvgIpc) is 3.27. The first-order valence-electron chi connectivity index (χ1n) is 10.7. The Morgan fingerprint density at radius 3 is 2.42 bits per heavy atom. The quantitative estimate of drug-likeness (QED) is 0.410. The van der Waals surface area contributed by atoms with Crippen LogP contribution in [0.1, 0.15) is 37.6 Å². The zero-order chi connectivity index (χ0) is 23.8. The number of aryl methyl sites for hydroxylation is 1. The Labute approximate surface area is 194 Å². The van der Waals surface area contributed by atoms with E-state index in [0.717, 1.165) is 5.56 Å². The van der Waals surface area contributed by atoms with Crippen LogP contribution in [0.25, 0.3) is 11.3 Å². The molecule has 8 nitrogen and oxygen atoms in total. The molecule has 0 atom stereocenters. The highest BCUT2D eigenvalue weighted by Gasteiger charge is 2.14. The van der Waals surface area contributed by atoms with Gasteiger partial charge in [0.1, 0.15) is 0 Å². The van der Waals surface area contributed by atoms with Crippen LogP contribution >= 0.6 is 0 Å². The Morgan fingerprint density at radius 2 is 1.79 bits per heavy atom. The predicted molar refractivity (Wildman–Crippen MR) is 126 cm³/mol. The summed E-state index contributed by atoms with van der Waals surface area (Å²) >= 11 is 0. The standard InChI is InChI=1S/C24H29N3O5S/c1-17(2)18-4-6-19(7-5-18)22-16-25-24(32-22)13-12-23(28)27-20-8-10-21(11-9-20)33(29,30)26-14-15-31-3/h4-11,16-17,26H,12-15H2,1-3H3,(H,27,28). The Kier molecular flexibility index (Phi) is 8.37. The molecule has 2 N–H and O–H groups in total. The van der Waals surface area contributed by atoms with E-state index in [1.54, 1.807) is 18.3 Å². The maximum absolute atomic E-state index is 12.3. The molecule has 0 aliphatic carbocycles. The molecule has 0 unspecified atom stereocenters. The van der Waals surface area contributed by atoms with Crippen molar-refractivity contribution >= 4 is 21.6 Å². The van der Waals surface area contributed by atoms with Crippen LogP contribution in [-0.4, -0.2) is 39.6 Å². The molecular formula is C24H29N3O5S. The van der Waals surface area contributed by atoms with Gasteiger partial charge in [-0.05, 0) is 35.7 Å². The zero-order valence-corrected chi connectivity index (χ0v) is 19.8. The lowest BCUT2D eigenvalue weighted by atomic mass is 10.0. The van der Waals surface area contributed by atoms with E-state index in [2.05, 4.69) is 41.0 Å². The minimum absolute atomic E-state index is 0.116. The van der Waals surface area contributed by atoms with Gasteiger partial charge >= 0.3 is 0 Å². The van der Waals surface area contributed by atoms with Gasteiger partial charge in [-0.25, -0.2) is 18.1 Å². The van der Waals surface area contributed by atoms with Gasteiger partial charge in [0.25, 0.3) is 0 Å². The van der Waals surface area contributed by atoms with Crippen molar-refractivity contribution in [2.24, 2.45) is 0 Å². The van der Waals surface area contributed by atoms with Crippen LogP contribution in [0.15, 0.2) is 64.0 Å². The Balaban J connectivity index is 1.51. The summed E-state index contributed by atoms with van der Waals surface area (Å²) in [5.74, 6) is 1.39. The number of sulfonamides is 1. The Morgan fingerprint density at radius 1 is 1.09 bits per heavy atom. The largest absolute Gasteiger partial charge is 0.441 e. The molecule has 33 heavy (non-hydrogen) atoms. The fraction of sp³-hybridized carbons (Fsp3) is 0.333. The summed E-state index contributed by atoms with van der Waals surface area (Å²) in [4.78, 5) is 16.7. The van der Waals surface area contributed by atoms with Crippen LogP contribution in [-0.2, 0) is 26.0 Å². The number of methoxy groups -OCH3 is 1. The molecule has 3 aromatic rings. The minimum Gasteiger partial charge on any atom is -0.441 e. The van der Waals surface area contributed by atoms with Crippen LogP contribution in [0.3, 0.4) is 0 Å². The molecule has 0 radical (unpaired) electrons. The van der Waals surface area contributed by atoms with E-state index in [4.69, 9.17) is 9.15 Å². The molecule has 1 heterocycles. The van der Waals surface area contributed by atoms with Gasteiger partial charge in [-0.1, -0.05) is 38.1 Å². The first-order valence-corrected chi connectivity index (χ1v) is 12.2. The van der Waals surface area contributed by atoms with Crippen molar-refractivity contribution < 1.29 is 22.4 Å². The molecule has 2 aromatic carbocycles. The van der Waals surface area contributed by atoms with Gasteiger partial charge in [0, 0.05) is 37.7 Å². The molecule has 0 aliphatic rings. The van der Waals surface area contributed by atoms with Crippen molar-refractivity contribution in [2.45, 2.75) is 37.5 Å². The summed E-state index contributed by atoms with van der Waals surface area (Å²) in [6.07, 6.45) is 2.20. The summed E-state index contributed by atoms with van der Waals surface area (Å²) in [6, 6.07) is 14.1. The molecule has 1 aromatic heterocycles. The van der Waals surface area contributed by atoms with Crippen molar-refractivity contribution in [1.82, 2.24) is 9.71 Å². The van der Waals surface area contributed by atoms with Crippen LogP contribution in [0.4, 0.5) is 5.69 Å². The summed E-state index contributed by atoms with van der Waals surface area (Å²) in [5, 5.41) is 2.75. The molecule has 0 fully saturated rings. The summed E-state index contributed by atoms with van der Waals surface area (Å²) in [5.41, 5.74) is 2.70. The second-order valence-electron chi connectivity index (χ2n) is 7.86. The number of nitrogens with one attached hydrogen (secondary N) is 2. The highest BCUT2D eigenvalue weighted by Crippen LogP contribution is 2.24. The van der Waals surface area contributed by atoms with Crippen molar-refractivity contribution in [3.8, 4) is 11.3 Å². The monoisotopic (exact) mass is 471 g/mol. The first-order chi connectivity index (χ1) is 15.8. The highest BCUT2D eigenvalue weighted by atomic mass is 32.2. The van der Waals surface area contributed by atoms with Gasteiger partial charge in [0.2, 0.25) is 15.9 Å². The Hall–Kier alpha value is -3.01. The van der Waals surface area contributed by atoms with E-state index in [9.17, 15) is 13.2 Å². The smallest absolute Gasteiger partial charge is 0.240 e. The fourth-order valence-electron chi connectivity index (χ4n) is 3.11. The number of rotatable bonds is 11. The number of ether oxygens (including phenoxy) is 1. The van der Waals surface area contributed by atoms with Gasteiger partial charge in [0.05, 0.1) is 17.7 Å². The van der Waals surface area contributed by atoms with Gasteiger partial charge in [-0.3, -0.25) is 4.79 Å². The lowest BCUT2D eigenvalue weighted by Crippen LogP contribution is -2.27. The van der Waals surface area contributed by atoms with Crippen molar-refractivity contribution in [1.29, 1.82) is 0 Å². The second kappa shape index (κ2) is 11.2. The maximum Gasteiger partial charge on any atom is 0.240 e. The number of hydrogen-bond donors (Lipinski definition) is 2. The number of anilines is 1. The van der Waals surface area contributed by atoms with Gasteiger partial charge in [-0.15, -0.1) is 0 Å². The third kappa shape index (κ3) is 6.98. The average molecular weight is 472 g/mol. The number of benzene rings is 2. The van der Waals surface area contributed by atoms with Crippen molar-refractivity contribution in [3.05, 3.63) is 66.2 Å². The SMILES string of the molecule is COCCNS(=O)(=O)c1ccc(NC(=O)CCc2ncc(-c3ccc(C(C)C)cc3)o2)cc1. The molecule has 0 aliphatic heterocycles. The summed E-state index contributed by atoms with van der Waals surface area (Å²) in [7, 11) is -2.12. The number of oxazole rings is 1. The van der Waals surface area contributed by atoms with Gasteiger partial charge in [-0.2, -0.15) is 0 Å². The number of hydrogen-bond acceptors (Lipinski definition) is 6. The normalized spacial score (nSPS) is 11.6. The van der Waals surface area contributed by atoms with E-state index >= 15 is 0 Å². The molecule has 0 bridgehead atoms. The lowest BCUT2D eigenvalue weighted by molar-refractivity contribution is -0.116. The maximum atomic E-state index is 12.3. The van der Waals surface area contributed by atoms with E-state index in [1.165, 1.54) is 24.8 Å². The number of carbonyl (C=O) groups excluding carboxylic acids is 1. The molecule has 9 heteroatoms. The molecule has 3 rings (SSSR count). The minimum atomic E-state index is -3.61. The van der Waals surface area contributed by atoms with E-state index in [1.807, 2.05) is 12.1 Å². The number of nitrogens with zero attached hydrogens (tertiary/aromatic N) is 1. The van der Waals surface area contributed by atoms with Crippen molar-refractivity contribution in [3.63, 3.8) is 0 Å². The van der Waals surface area contributed by atoms with E-state index in [0.29, 0.717) is 29.7 Å². The molecule has 1 amide bonds. The van der Waals surface area contributed by atoms with E-state index in [-0.39, 0.29) is 30.4 Å². The highest BCUT2D eigenvalue weighted by molar-refractivity contribution is 7.89. The Bertz CT molecular complexity index is 1150. The zero-order valence-electron chi connectivity index (χ0n) is 19.0. The molecule has 0 saturated carbocycles. The van der Waals surface area contributed by atoms with Gasteiger partial charge in [0.15, 0.2) is 11.7 Å². The summed E-state index contributed by atoms with van der Waals surface area (Å²) in [6.45, 7) is 4.75. The summed E-state index contributed by atoms with van der Waals surface area (Å²) < 4.78 is 37.4. The van der Waals surface area contributed by atoms with Crippen LogP contribution < -0.4 is 10.0 Å². The second-order valence-corrected chi connectivity index (χ2v) is 9.63. The number of amides is 1. The lowest BCUT2D eigenvalue weighted by Gasteiger charge is -2.08. The molecule has 0 saturated heterocycles.